The average Bonchev–Trinajstić information content (AvgIpc) is 2.78. The number of aromatic nitrogens is 2. The summed E-state index contributed by atoms with van der Waals surface area (Å²) in [5.74, 6) is -0.203. The molecule has 0 saturated heterocycles. The molecule has 2 aromatic rings. The van der Waals surface area contributed by atoms with Gasteiger partial charge in [0.1, 0.15) is 10.8 Å². The number of rotatable bonds is 6. The highest BCUT2D eigenvalue weighted by Crippen LogP contribution is 2.32. The summed E-state index contributed by atoms with van der Waals surface area (Å²) in [7, 11) is 0. The van der Waals surface area contributed by atoms with Crippen molar-refractivity contribution in [1.29, 1.82) is 0 Å². The first-order chi connectivity index (χ1) is 9.19. The third-order valence-corrected chi connectivity index (χ3v) is 4.48. The topological polar surface area (TPSA) is 37.8 Å². The van der Waals surface area contributed by atoms with Crippen molar-refractivity contribution in [3.05, 3.63) is 34.6 Å². The lowest BCUT2D eigenvalue weighted by molar-refractivity contribution is 0.615. The monoisotopic (exact) mass is 297 g/mol. The summed E-state index contributed by atoms with van der Waals surface area (Å²) in [6.45, 7) is 5.64. The quantitative estimate of drug-likeness (QED) is 0.826. The Morgan fingerprint density at radius 2 is 2.21 bits per heavy atom. The highest BCUT2D eigenvalue weighted by atomic mass is 32.2. The zero-order valence-corrected chi connectivity index (χ0v) is 12.6. The Hall–Kier alpha value is -0.980. The Labute approximate surface area is 120 Å². The number of aryl methyl sites for hydroxylation is 1. The van der Waals surface area contributed by atoms with Gasteiger partial charge in [0, 0.05) is 11.4 Å². The molecule has 0 aliphatic carbocycles. The molecule has 0 amide bonds. The summed E-state index contributed by atoms with van der Waals surface area (Å²) in [5.41, 5.74) is 0.964. The van der Waals surface area contributed by atoms with Crippen molar-refractivity contribution in [2.75, 3.05) is 6.54 Å². The fraction of sp³-hybridized carbons (Fsp3) is 0.385. The summed E-state index contributed by atoms with van der Waals surface area (Å²) in [6, 6.07) is 4.87. The number of halogens is 1. The molecule has 6 heteroatoms. The predicted molar refractivity (Wildman–Crippen MR) is 77.2 cm³/mol. The maximum absolute atomic E-state index is 13.3. The van der Waals surface area contributed by atoms with Crippen molar-refractivity contribution < 1.29 is 4.39 Å². The van der Waals surface area contributed by atoms with Crippen molar-refractivity contribution >= 4 is 23.1 Å². The summed E-state index contributed by atoms with van der Waals surface area (Å²) in [6.07, 6.45) is 1.06. The number of hydrogen-bond acceptors (Lipinski definition) is 5. The van der Waals surface area contributed by atoms with E-state index < -0.39 is 0 Å². The molecule has 0 radical (unpaired) electrons. The van der Waals surface area contributed by atoms with Crippen LogP contribution >= 0.6 is 23.1 Å². The van der Waals surface area contributed by atoms with E-state index in [1.165, 1.54) is 6.07 Å². The van der Waals surface area contributed by atoms with Crippen LogP contribution < -0.4 is 5.32 Å². The van der Waals surface area contributed by atoms with E-state index in [1.54, 1.807) is 35.2 Å². The van der Waals surface area contributed by atoms with Gasteiger partial charge in [-0.2, -0.15) is 0 Å². The van der Waals surface area contributed by atoms with Crippen LogP contribution in [-0.4, -0.2) is 16.7 Å². The minimum Gasteiger partial charge on any atom is -0.313 e. The summed E-state index contributed by atoms with van der Waals surface area (Å²) in [5, 5.41) is 12.3. The summed E-state index contributed by atoms with van der Waals surface area (Å²) in [4.78, 5) is 1.03. The molecule has 0 atom stereocenters. The molecule has 3 nitrogen and oxygen atoms in total. The fourth-order valence-electron chi connectivity index (χ4n) is 1.60. The molecule has 2 rings (SSSR count). The zero-order valence-electron chi connectivity index (χ0n) is 10.9. The maximum Gasteiger partial charge on any atom is 0.179 e. The molecular weight excluding hydrogens is 281 g/mol. The van der Waals surface area contributed by atoms with Crippen LogP contribution in [0, 0.1) is 12.7 Å². The standard InChI is InChI=1S/C13H16FN3S2/c1-3-6-15-8-10-7-11(14)4-5-12(10)19-13-17-16-9(2)18-13/h4-5,7,15H,3,6,8H2,1-2H3. The van der Waals surface area contributed by atoms with Gasteiger partial charge in [0.2, 0.25) is 0 Å². The van der Waals surface area contributed by atoms with Crippen LogP contribution in [0.2, 0.25) is 0 Å². The molecule has 0 aliphatic heterocycles. The molecule has 0 spiro atoms. The second-order valence-corrected chi connectivity index (χ2v) is 6.59. The van der Waals surface area contributed by atoms with Crippen molar-refractivity contribution in [2.45, 2.75) is 36.0 Å². The van der Waals surface area contributed by atoms with Crippen molar-refractivity contribution in [2.24, 2.45) is 0 Å². The Bertz CT molecular complexity index is 542. The van der Waals surface area contributed by atoms with E-state index in [9.17, 15) is 4.39 Å². The highest BCUT2D eigenvalue weighted by Gasteiger charge is 2.09. The molecule has 0 saturated carbocycles. The van der Waals surface area contributed by atoms with E-state index in [2.05, 4.69) is 22.4 Å². The zero-order chi connectivity index (χ0) is 13.7. The van der Waals surface area contributed by atoms with Gasteiger partial charge < -0.3 is 5.32 Å². The maximum atomic E-state index is 13.3. The highest BCUT2D eigenvalue weighted by molar-refractivity contribution is 8.01. The molecular formula is C13H16FN3S2. The number of nitrogens with one attached hydrogen (secondary N) is 1. The smallest absolute Gasteiger partial charge is 0.179 e. The molecule has 0 aliphatic rings. The lowest BCUT2D eigenvalue weighted by atomic mass is 10.2. The van der Waals surface area contributed by atoms with Crippen LogP contribution in [0.25, 0.3) is 0 Å². The first-order valence-corrected chi connectivity index (χ1v) is 7.79. The lowest BCUT2D eigenvalue weighted by Gasteiger charge is -2.08. The van der Waals surface area contributed by atoms with Crippen LogP contribution in [0.4, 0.5) is 4.39 Å². The fourth-order valence-corrected chi connectivity index (χ4v) is 3.48. The van der Waals surface area contributed by atoms with Gasteiger partial charge in [-0.3, -0.25) is 0 Å². The molecule has 0 unspecified atom stereocenters. The van der Waals surface area contributed by atoms with Crippen LogP contribution in [0.5, 0.6) is 0 Å². The van der Waals surface area contributed by atoms with Crippen LogP contribution in [0.3, 0.4) is 0 Å². The van der Waals surface area contributed by atoms with E-state index >= 15 is 0 Å². The van der Waals surface area contributed by atoms with E-state index in [-0.39, 0.29) is 5.82 Å². The average molecular weight is 297 g/mol. The minimum atomic E-state index is -0.203. The second kappa shape index (κ2) is 6.98. The third kappa shape index (κ3) is 4.26. The SMILES string of the molecule is CCCNCc1cc(F)ccc1Sc1nnc(C)s1. The molecule has 0 bridgehead atoms. The van der Waals surface area contributed by atoms with E-state index in [1.807, 2.05) is 6.92 Å². The Morgan fingerprint density at radius 1 is 1.37 bits per heavy atom. The molecule has 0 fully saturated rings. The van der Waals surface area contributed by atoms with Crippen molar-refractivity contribution in [3.8, 4) is 0 Å². The first kappa shape index (κ1) is 14.4. The third-order valence-electron chi connectivity index (χ3n) is 2.47. The first-order valence-electron chi connectivity index (χ1n) is 6.16. The normalized spacial score (nSPS) is 10.9. The predicted octanol–water partition coefficient (Wildman–Crippen LogP) is 3.64. The van der Waals surface area contributed by atoms with Gasteiger partial charge in [0.05, 0.1) is 0 Å². The molecule has 1 N–H and O–H groups in total. The molecule has 1 aromatic carbocycles. The minimum absolute atomic E-state index is 0.203. The lowest BCUT2D eigenvalue weighted by Crippen LogP contribution is -2.14. The number of benzene rings is 1. The van der Waals surface area contributed by atoms with Gasteiger partial charge in [0.25, 0.3) is 0 Å². The second-order valence-electron chi connectivity index (χ2n) is 4.12. The summed E-state index contributed by atoms with van der Waals surface area (Å²) >= 11 is 3.09. The number of hydrogen-bond donors (Lipinski definition) is 1. The van der Waals surface area contributed by atoms with Gasteiger partial charge in [-0.15, -0.1) is 10.2 Å². The molecule has 1 heterocycles. The van der Waals surface area contributed by atoms with Crippen LogP contribution in [0.1, 0.15) is 23.9 Å². The van der Waals surface area contributed by atoms with Gasteiger partial charge in [-0.25, -0.2) is 4.39 Å². The summed E-state index contributed by atoms with van der Waals surface area (Å²) < 4.78 is 14.2. The number of nitrogens with zero attached hydrogens (tertiary/aromatic N) is 2. The Morgan fingerprint density at radius 3 is 2.89 bits per heavy atom. The largest absolute Gasteiger partial charge is 0.313 e. The van der Waals surface area contributed by atoms with Crippen molar-refractivity contribution in [1.82, 2.24) is 15.5 Å². The van der Waals surface area contributed by atoms with Gasteiger partial charge in [0.15, 0.2) is 4.34 Å². The van der Waals surface area contributed by atoms with Crippen molar-refractivity contribution in [3.63, 3.8) is 0 Å². The molecule has 102 valence electrons. The Balaban J connectivity index is 2.14. The molecule has 1 aromatic heterocycles. The van der Waals surface area contributed by atoms with Crippen LogP contribution in [0.15, 0.2) is 27.4 Å². The van der Waals surface area contributed by atoms with Gasteiger partial charge in [-0.05, 0) is 43.7 Å². The molecule has 19 heavy (non-hydrogen) atoms. The van der Waals surface area contributed by atoms with E-state index in [0.29, 0.717) is 6.54 Å². The van der Waals surface area contributed by atoms with E-state index in [0.717, 1.165) is 32.8 Å². The van der Waals surface area contributed by atoms with Gasteiger partial charge >= 0.3 is 0 Å². The van der Waals surface area contributed by atoms with Crippen LogP contribution in [-0.2, 0) is 6.54 Å². The Kier molecular flexibility index (Phi) is 5.30. The van der Waals surface area contributed by atoms with Gasteiger partial charge in [-0.1, -0.05) is 30.0 Å². The van der Waals surface area contributed by atoms with E-state index in [4.69, 9.17) is 0 Å².